The summed E-state index contributed by atoms with van der Waals surface area (Å²) in [5.41, 5.74) is 0. The van der Waals surface area contributed by atoms with Gasteiger partial charge in [-0.2, -0.15) is 0 Å². The minimum Gasteiger partial charge on any atom is -0.353 e. The van der Waals surface area contributed by atoms with Crippen LogP contribution in [-0.4, -0.2) is 48.4 Å². The Balaban J connectivity index is 2.00. The molecule has 2 rings (SSSR count). The molecule has 2 aliphatic rings. The van der Waals surface area contributed by atoms with Gasteiger partial charge in [-0.25, -0.2) is 0 Å². The second-order valence-corrected chi connectivity index (χ2v) is 5.33. The average molecular weight is 253 g/mol. The van der Waals surface area contributed by atoms with Crippen molar-refractivity contribution in [1.82, 2.24) is 15.5 Å². The number of hydrogen-bond acceptors (Lipinski definition) is 3. The van der Waals surface area contributed by atoms with Gasteiger partial charge in [0.05, 0.1) is 5.92 Å². The topological polar surface area (TPSA) is 61.4 Å². The third-order valence-corrected chi connectivity index (χ3v) is 4.01. The minimum absolute atomic E-state index is 0.00534. The van der Waals surface area contributed by atoms with E-state index in [1.165, 1.54) is 0 Å². The van der Waals surface area contributed by atoms with Gasteiger partial charge in [-0.15, -0.1) is 0 Å². The summed E-state index contributed by atoms with van der Waals surface area (Å²) >= 11 is 0. The Labute approximate surface area is 108 Å². The Bertz CT molecular complexity index is 324. The SMILES string of the molecule is CCC1C(=O)NCCN1C(=O)C1CCC(C)NC1. The lowest BCUT2D eigenvalue weighted by molar-refractivity contribution is -0.146. The zero-order valence-electron chi connectivity index (χ0n) is 11.2. The van der Waals surface area contributed by atoms with Crippen LogP contribution in [0.3, 0.4) is 0 Å². The fourth-order valence-corrected chi connectivity index (χ4v) is 2.83. The second-order valence-electron chi connectivity index (χ2n) is 5.33. The lowest BCUT2D eigenvalue weighted by atomic mass is 9.93. The Morgan fingerprint density at radius 1 is 1.44 bits per heavy atom. The molecular weight excluding hydrogens is 230 g/mol. The van der Waals surface area contributed by atoms with Crippen molar-refractivity contribution in [2.45, 2.75) is 45.2 Å². The zero-order chi connectivity index (χ0) is 13.1. The van der Waals surface area contributed by atoms with Crippen molar-refractivity contribution in [1.29, 1.82) is 0 Å². The van der Waals surface area contributed by atoms with Gasteiger partial charge in [-0.05, 0) is 26.2 Å². The van der Waals surface area contributed by atoms with Gasteiger partial charge < -0.3 is 15.5 Å². The number of piperidine rings is 1. The Morgan fingerprint density at radius 3 is 2.83 bits per heavy atom. The fraction of sp³-hybridized carbons (Fsp3) is 0.846. The molecule has 2 fully saturated rings. The van der Waals surface area contributed by atoms with Gasteiger partial charge in [0.15, 0.2) is 0 Å². The number of rotatable bonds is 2. The Morgan fingerprint density at radius 2 is 2.22 bits per heavy atom. The van der Waals surface area contributed by atoms with Crippen molar-refractivity contribution < 1.29 is 9.59 Å². The molecule has 2 aliphatic heterocycles. The van der Waals surface area contributed by atoms with E-state index in [0.29, 0.717) is 25.6 Å². The first-order valence-corrected chi connectivity index (χ1v) is 6.95. The van der Waals surface area contributed by atoms with Gasteiger partial charge in [0.1, 0.15) is 6.04 Å². The lowest BCUT2D eigenvalue weighted by Crippen LogP contribution is -2.59. The van der Waals surface area contributed by atoms with Gasteiger partial charge in [0, 0.05) is 25.7 Å². The van der Waals surface area contributed by atoms with Gasteiger partial charge in [0.2, 0.25) is 11.8 Å². The fourth-order valence-electron chi connectivity index (χ4n) is 2.83. The first kappa shape index (κ1) is 13.3. The van der Waals surface area contributed by atoms with E-state index in [-0.39, 0.29) is 23.8 Å². The van der Waals surface area contributed by atoms with Crippen molar-refractivity contribution in [3.05, 3.63) is 0 Å². The van der Waals surface area contributed by atoms with Crippen LogP contribution < -0.4 is 10.6 Å². The predicted molar refractivity (Wildman–Crippen MR) is 69.0 cm³/mol. The number of amides is 2. The average Bonchev–Trinajstić information content (AvgIpc) is 2.38. The van der Waals surface area contributed by atoms with Gasteiger partial charge in [0.25, 0.3) is 0 Å². The third kappa shape index (κ3) is 2.66. The van der Waals surface area contributed by atoms with E-state index >= 15 is 0 Å². The second kappa shape index (κ2) is 5.69. The summed E-state index contributed by atoms with van der Waals surface area (Å²) < 4.78 is 0. The van der Waals surface area contributed by atoms with Crippen LogP contribution in [-0.2, 0) is 9.59 Å². The molecule has 5 nitrogen and oxygen atoms in total. The molecule has 2 heterocycles. The van der Waals surface area contributed by atoms with Crippen molar-refractivity contribution in [2.24, 2.45) is 5.92 Å². The summed E-state index contributed by atoms with van der Waals surface area (Å²) in [7, 11) is 0. The number of piperazine rings is 1. The molecular formula is C13H23N3O2. The van der Waals surface area contributed by atoms with Crippen molar-refractivity contribution >= 4 is 11.8 Å². The molecule has 0 saturated carbocycles. The third-order valence-electron chi connectivity index (χ3n) is 4.01. The van der Waals surface area contributed by atoms with Crippen LogP contribution >= 0.6 is 0 Å². The van der Waals surface area contributed by atoms with Crippen LogP contribution in [0, 0.1) is 5.92 Å². The molecule has 0 radical (unpaired) electrons. The lowest BCUT2D eigenvalue weighted by Gasteiger charge is -2.38. The van der Waals surface area contributed by atoms with Crippen LogP contribution in [0.1, 0.15) is 33.1 Å². The molecule has 2 amide bonds. The van der Waals surface area contributed by atoms with E-state index in [1.807, 2.05) is 6.92 Å². The summed E-state index contributed by atoms with van der Waals surface area (Å²) in [6.45, 7) is 6.07. The normalized spacial score (nSPS) is 33.1. The van der Waals surface area contributed by atoms with Crippen LogP contribution in [0.25, 0.3) is 0 Å². The summed E-state index contributed by atoms with van der Waals surface area (Å²) in [4.78, 5) is 26.0. The van der Waals surface area contributed by atoms with E-state index in [1.54, 1.807) is 4.90 Å². The molecule has 0 bridgehead atoms. The molecule has 5 heteroatoms. The maximum atomic E-state index is 12.5. The molecule has 0 aliphatic carbocycles. The summed E-state index contributed by atoms with van der Waals surface area (Å²) in [5, 5.41) is 6.18. The Kier molecular flexibility index (Phi) is 4.22. The van der Waals surface area contributed by atoms with Gasteiger partial charge >= 0.3 is 0 Å². The number of carbonyl (C=O) groups excluding carboxylic acids is 2. The van der Waals surface area contributed by atoms with E-state index in [9.17, 15) is 9.59 Å². The molecule has 0 aromatic heterocycles. The predicted octanol–water partition coefficient (Wildman–Crippen LogP) is 0.112. The summed E-state index contributed by atoms with van der Waals surface area (Å²) in [6.07, 6.45) is 2.66. The molecule has 3 atom stereocenters. The van der Waals surface area contributed by atoms with Crippen LogP contribution in [0.2, 0.25) is 0 Å². The number of carbonyl (C=O) groups is 2. The highest BCUT2D eigenvalue weighted by Gasteiger charge is 2.35. The van der Waals surface area contributed by atoms with Crippen molar-refractivity contribution in [3.63, 3.8) is 0 Å². The molecule has 0 spiro atoms. The first-order valence-electron chi connectivity index (χ1n) is 6.95. The molecule has 2 saturated heterocycles. The molecule has 0 aromatic rings. The smallest absolute Gasteiger partial charge is 0.242 e. The van der Waals surface area contributed by atoms with E-state index in [4.69, 9.17) is 0 Å². The standard InChI is InChI=1S/C13H23N3O2/c1-3-11-12(17)14-6-7-16(11)13(18)10-5-4-9(2)15-8-10/h9-11,15H,3-8H2,1-2H3,(H,14,17). The van der Waals surface area contributed by atoms with E-state index in [2.05, 4.69) is 17.6 Å². The molecule has 0 aromatic carbocycles. The van der Waals surface area contributed by atoms with Crippen molar-refractivity contribution in [2.75, 3.05) is 19.6 Å². The number of nitrogens with zero attached hydrogens (tertiary/aromatic N) is 1. The highest BCUT2D eigenvalue weighted by Crippen LogP contribution is 2.19. The molecule has 102 valence electrons. The minimum atomic E-state index is -0.273. The van der Waals surface area contributed by atoms with E-state index < -0.39 is 0 Å². The number of hydrogen-bond donors (Lipinski definition) is 2. The largest absolute Gasteiger partial charge is 0.353 e. The summed E-state index contributed by atoms with van der Waals surface area (Å²) in [5.74, 6) is 0.187. The molecule has 3 unspecified atom stereocenters. The first-order chi connectivity index (χ1) is 8.63. The highest BCUT2D eigenvalue weighted by molar-refractivity contribution is 5.89. The van der Waals surface area contributed by atoms with Gasteiger partial charge in [-0.1, -0.05) is 6.92 Å². The highest BCUT2D eigenvalue weighted by atomic mass is 16.2. The zero-order valence-corrected chi connectivity index (χ0v) is 11.2. The molecule has 2 N–H and O–H groups in total. The van der Waals surface area contributed by atoms with Crippen LogP contribution in [0.5, 0.6) is 0 Å². The van der Waals surface area contributed by atoms with E-state index in [0.717, 1.165) is 19.4 Å². The monoisotopic (exact) mass is 253 g/mol. The van der Waals surface area contributed by atoms with Gasteiger partial charge in [-0.3, -0.25) is 9.59 Å². The summed E-state index contributed by atoms with van der Waals surface area (Å²) in [6, 6.07) is 0.228. The maximum absolute atomic E-state index is 12.5. The van der Waals surface area contributed by atoms with Crippen molar-refractivity contribution in [3.8, 4) is 0 Å². The molecule has 18 heavy (non-hydrogen) atoms. The maximum Gasteiger partial charge on any atom is 0.242 e. The quantitative estimate of drug-likeness (QED) is 0.734. The number of nitrogens with one attached hydrogen (secondary N) is 2. The van der Waals surface area contributed by atoms with Crippen LogP contribution in [0.4, 0.5) is 0 Å². The Hall–Kier alpha value is -1.10. The van der Waals surface area contributed by atoms with Crippen LogP contribution in [0.15, 0.2) is 0 Å².